The number of nitrogens with one attached hydrogen (secondary N) is 2. The first kappa shape index (κ1) is 23.6. The molecule has 0 radical (unpaired) electrons. The molecular formula is C24H20Br2N4O2. The molecule has 6 nitrogen and oxygen atoms in total. The van der Waals surface area contributed by atoms with Gasteiger partial charge in [0.1, 0.15) is 0 Å². The van der Waals surface area contributed by atoms with Crippen molar-refractivity contribution in [2.45, 2.75) is 13.8 Å². The molecule has 0 bridgehead atoms. The average molecular weight is 556 g/mol. The fraction of sp³-hybridized carbons (Fsp3) is 0.0833. The molecule has 0 aliphatic rings. The lowest BCUT2D eigenvalue weighted by atomic mass is 10.1. The Morgan fingerprint density at radius 2 is 1.06 bits per heavy atom. The van der Waals surface area contributed by atoms with Crippen molar-refractivity contribution in [3.8, 4) is 0 Å². The smallest absolute Gasteiger partial charge is 0.267 e. The maximum absolute atomic E-state index is 12.2. The molecule has 3 aromatic rings. The molecule has 0 aromatic heterocycles. The number of aryl methyl sites for hydroxylation is 2. The number of rotatable bonds is 6. The van der Waals surface area contributed by atoms with Crippen molar-refractivity contribution in [1.29, 1.82) is 0 Å². The Kier molecular flexibility index (Phi) is 8.08. The van der Waals surface area contributed by atoms with Crippen LogP contribution in [0.5, 0.6) is 0 Å². The number of amides is 2. The second kappa shape index (κ2) is 11.0. The number of hydrogen-bond acceptors (Lipinski definition) is 4. The van der Waals surface area contributed by atoms with Crippen molar-refractivity contribution in [2.24, 2.45) is 10.2 Å². The van der Waals surface area contributed by atoms with Crippen LogP contribution < -0.4 is 10.9 Å². The summed E-state index contributed by atoms with van der Waals surface area (Å²) in [5, 5.41) is 8.00. The van der Waals surface area contributed by atoms with Crippen LogP contribution in [0.3, 0.4) is 0 Å². The van der Waals surface area contributed by atoms with E-state index in [9.17, 15) is 9.59 Å². The molecule has 3 rings (SSSR count). The third-order valence-corrected chi connectivity index (χ3v) is 6.27. The highest BCUT2D eigenvalue weighted by Crippen LogP contribution is 2.18. The van der Waals surface area contributed by atoms with Gasteiger partial charge in [0.25, 0.3) is 11.8 Å². The van der Waals surface area contributed by atoms with Gasteiger partial charge < -0.3 is 0 Å². The molecular weight excluding hydrogens is 536 g/mol. The van der Waals surface area contributed by atoms with Crippen LogP contribution >= 0.6 is 31.9 Å². The van der Waals surface area contributed by atoms with E-state index in [1.807, 2.05) is 50.2 Å². The minimum absolute atomic E-state index is 0.290. The lowest BCUT2D eigenvalue weighted by Crippen LogP contribution is -2.17. The van der Waals surface area contributed by atoms with Crippen LogP contribution in [0.4, 0.5) is 0 Å². The largest absolute Gasteiger partial charge is 0.271 e. The van der Waals surface area contributed by atoms with Crippen LogP contribution in [0.1, 0.15) is 43.0 Å². The summed E-state index contributed by atoms with van der Waals surface area (Å²) < 4.78 is 1.74. The number of carbonyl (C=O) groups excluding carboxylic acids is 2. The van der Waals surface area contributed by atoms with E-state index < -0.39 is 0 Å². The van der Waals surface area contributed by atoms with Gasteiger partial charge >= 0.3 is 0 Å². The van der Waals surface area contributed by atoms with Gasteiger partial charge in [0.05, 0.1) is 12.4 Å². The molecule has 2 amide bonds. The predicted octanol–water partition coefficient (Wildman–Crippen LogP) is 5.36. The van der Waals surface area contributed by atoms with E-state index in [4.69, 9.17) is 0 Å². The molecule has 3 aromatic carbocycles. The summed E-state index contributed by atoms with van der Waals surface area (Å²) in [6.07, 6.45) is 3.11. The predicted molar refractivity (Wildman–Crippen MR) is 134 cm³/mol. The topological polar surface area (TPSA) is 82.9 Å². The summed E-state index contributed by atoms with van der Waals surface area (Å²) in [7, 11) is 0. The molecule has 0 fully saturated rings. The number of hydrazone groups is 2. The van der Waals surface area contributed by atoms with Crippen molar-refractivity contribution in [1.82, 2.24) is 10.9 Å². The highest BCUT2D eigenvalue weighted by molar-refractivity contribution is 9.10. The van der Waals surface area contributed by atoms with Crippen molar-refractivity contribution in [3.05, 3.63) is 103 Å². The van der Waals surface area contributed by atoms with E-state index in [1.54, 1.807) is 36.7 Å². The number of carbonyl (C=O) groups is 2. The van der Waals surface area contributed by atoms with E-state index in [-0.39, 0.29) is 11.8 Å². The van der Waals surface area contributed by atoms with Gasteiger partial charge in [-0.1, -0.05) is 68.3 Å². The zero-order valence-electron chi connectivity index (χ0n) is 17.4. The first-order valence-corrected chi connectivity index (χ1v) is 11.2. The molecule has 0 aliphatic carbocycles. The van der Waals surface area contributed by atoms with Gasteiger partial charge in [-0.2, -0.15) is 10.2 Å². The summed E-state index contributed by atoms with van der Waals surface area (Å²) in [4.78, 5) is 24.3. The minimum atomic E-state index is -0.290. The highest BCUT2D eigenvalue weighted by Gasteiger charge is 2.07. The fourth-order valence-corrected chi connectivity index (χ4v) is 3.35. The van der Waals surface area contributed by atoms with Crippen LogP contribution in [0.2, 0.25) is 0 Å². The zero-order chi connectivity index (χ0) is 23.1. The molecule has 8 heteroatoms. The summed E-state index contributed by atoms with van der Waals surface area (Å²) in [6, 6.07) is 18.1. The molecule has 2 N–H and O–H groups in total. The van der Waals surface area contributed by atoms with E-state index in [0.717, 1.165) is 31.2 Å². The van der Waals surface area contributed by atoms with Gasteiger partial charge in [-0.05, 0) is 60.4 Å². The van der Waals surface area contributed by atoms with Gasteiger partial charge in [-0.15, -0.1) is 0 Å². The van der Waals surface area contributed by atoms with E-state index >= 15 is 0 Å². The maximum atomic E-state index is 12.2. The highest BCUT2D eigenvalue weighted by atomic mass is 79.9. The van der Waals surface area contributed by atoms with Crippen molar-refractivity contribution in [2.75, 3.05) is 0 Å². The molecule has 0 aliphatic heterocycles. The molecule has 0 atom stereocenters. The van der Waals surface area contributed by atoms with E-state index in [1.165, 1.54) is 0 Å². The molecule has 162 valence electrons. The number of halogens is 2. The molecule has 0 unspecified atom stereocenters. The Bertz CT molecular complexity index is 1110. The second-order valence-corrected chi connectivity index (χ2v) is 8.70. The normalized spacial score (nSPS) is 11.1. The number of benzene rings is 3. The van der Waals surface area contributed by atoms with Crippen molar-refractivity contribution >= 4 is 56.1 Å². The standard InChI is InChI=1S/C24H20Br2N4O2/c1-15-3-9-19(11-21(15)25)23(31)29-27-13-17-5-7-18(8-6-17)14-28-30-24(32)20-10-4-16(2)22(26)12-20/h3-14H,1-2H3,(H,29,31)(H,30,32)/b27-13+,28-14+. The zero-order valence-corrected chi connectivity index (χ0v) is 20.6. The summed E-state index contributed by atoms with van der Waals surface area (Å²) in [5.74, 6) is -0.580. The SMILES string of the molecule is Cc1ccc(C(=O)N/N=C/c2ccc(/C=N/NC(=O)c3ccc(C)c(Br)c3)cc2)cc1Br. The van der Waals surface area contributed by atoms with Gasteiger partial charge in [0, 0.05) is 20.1 Å². The van der Waals surface area contributed by atoms with Crippen LogP contribution in [0.25, 0.3) is 0 Å². The summed E-state index contributed by atoms with van der Waals surface area (Å²) in [5.41, 5.74) is 9.78. The Morgan fingerprint density at radius 3 is 1.41 bits per heavy atom. The summed E-state index contributed by atoms with van der Waals surface area (Å²) >= 11 is 6.83. The molecule has 0 spiro atoms. The van der Waals surface area contributed by atoms with Gasteiger partial charge in [0.15, 0.2) is 0 Å². The molecule has 0 heterocycles. The third kappa shape index (κ3) is 6.45. The quantitative estimate of drug-likeness (QED) is 0.317. The molecule has 32 heavy (non-hydrogen) atoms. The van der Waals surface area contributed by atoms with Gasteiger partial charge in [-0.25, -0.2) is 10.9 Å². The van der Waals surface area contributed by atoms with Crippen molar-refractivity contribution in [3.63, 3.8) is 0 Å². The Balaban J connectivity index is 1.52. The van der Waals surface area contributed by atoms with Crippen molar-refractivity contribution < 1.29 is 9.59 Å². The van der Waals surface area contributed by atoms with Crippen LogP contribution in [0.15, 0.2) is 79.8 Å². The van der Waals surface area contributed by atoms with E-state index in [0.29, 0.717) is 11.1 Å². The molecule has 0 saturated heterocycles. The van der Waals surface area contributed by atoms with Crippen LogP contribution in [-0.2, 0) is 0 Å². The lowest BCUT2D eigenvalue weighted by molar-refractivity contribution is 0.0947. The third-order valence-electron chi connectivity index (χ3n) is 4.56. The minimum Gasteiger partial charge on any atom is -0.267 e. The fourth-order valence-electron chi connectivity index (χ4n) is 2.60. The average Bonchev–Trinajstić information content (AvgIpc) is 2.78. The first-order valence-electron chi connectivity index (χ1n) is 9.62. The Hall–Kier alpha value is -3.10. The monoisotopic (exact) mass is 554 g/mol. The van der Waals surface area contributed by atoms with Crippen LogP contribution in [0, 0.1) is 13.8 Å². The van der Waals surface area contributed by atoms with Crippen LogP contribution in [-0.4, -0.2) is 24.2 Å². The Labute approximate surface area is 203 Å². The first-order chi connectivity index (χ1) is 15.3. The summed E-state index contributed by atoms with van der Waals surface area (Å²) in [6.45, 7) is 3.91. The van der Waals surface area contributed by atoms with Gasteiger partial charge in [-0.3, -0.25) is 9.59 Å². The van der Waals surface area contributed by atoms with E-state index in [2.05, 4.69) is 52.9 Å². The molecule has 0 saturated carbocycles. The number of nitrogens with zero attached hydrogens (tertiary/aromatic N) is 2. The van der Waals surface area contributed by atoms with Gasteiger partial charge in [0.2, 0.25) is 0 Å². The maximum Gasteiger partial charge on any atom is 0.271 e. The lowest BCUT2D eigenvalue weighted by Gasteiger charge is -2.03. The second-order valence-electron chi connectivity index (χ2n) is 6.99. The Morgan fingerprint density at radius 1 is 0.688 bits per heavy atom. The number of hydrogen-bond donors (Lipinski definition) is 2.